The van der Waals surface area contributed by atoms with Crippen LogP contribution in [0, 0.1) is 5.41 Å². The summed E-state index contributed by atoms with van der Waals surface area (Å²) in [6.45, 7) is 9.11. The summed E-state index contributed by atoms with van der Waals surface area (Å²) in [6.07, 6.45) is 4.18. The Balaban J connectivity index is 1.61. The molecular formula is C17H25NO. The van der Waals surface area contributed by atoms with Crippen molar-refractivity contribution in [1.29, 1.82) is 0 Å². The van der Waals surface area contributed by atoms with E-state index in [9.17, 15) is 0 Å². The lowest BCUT2D eigenvalue weighted by atomic mass is 9.80. The summed E-state index contributed by atoms with van der Waals surface area (Å²) in [5.41, 5.74) is 2.15. The molecule has 1 saturated carbocycles. The maximum absolute atomic E-state index is 6.15. The lowest BCUT2D eigenvalue weighted by Gasteiger charge is -2.39. The summed E-state index contributed by atoms with van der Waals surface area (Å²) in [6, 6.07) is 8.66. The Kier molecular flexibility index (Phi) is 3.09. The minimum absolute atomic E-state index is 0.216. The zero-order valence-corrected chi connectivity index (χ0v) is 12.3. The third-order valence-corrected chi connectivity index (χ3v) is 4.68. The molecule has 0 amide bonds. The molecular weight excluding hydrogens is 234 g/mol. The van der Waals surface area contributed by atoms with Gasteiger partial charge in [0, 0.05) is 13.1 Å². The Labute approximate surface area is 116 Å². The first-order chi connectivity index (χ1) is 8.97. The van der Waals surface area contributed by atoms with E-state index < -0.39 is 0 Å². The Morgan fingerprint density at radius 2 is 1.84 bits per heavy atom. The topological polar surface area (TPSA) is 21.3 Å². The van der Waals surface area contributed by atoms with Gasteiger partial charge >= 0.3 is 0 Å². The van der Waals surface area contributed by atoms with Crippen molar-refractivity contribution in [2.45, 2.75) is 51.6 Å². The molecule has 1 aromatic rings. The molecule has 2 heteroatoms. The highest BCUT2D eigenvalue weighted by molar-refractivity contribution is 5.31. The lowest BCUT2D eigenvalue weighted by molar-refractivity contribution is 0.137. The molecule has 1 aliphatic heterocycles. The van der Waals surface area contributed by atoms with Crippen molar-refractivity contribution in [3.8, 4) is 5.75 Å². The molecule has 0 aromatic heterocycles. The van der Waals surface area contributed by atoms with Gasteiger partial charge in [0.1, 0.15) is 5.75 Å². The molecule has 1 atom stereocenters. The molecule has 1 aromatic carbocycles. The minimum Gasteiger partial charge on any atom is -0.490 e. The first-order valence-corrected chi connectivity index (χ1v) is 7.45. The van der Waals surface area contributed by atoms with Gasteiger partial charge in [-0.3, -0.25) is 0 Å². The fraction of sp³-hybridized carbons (Fsp3) is 0.647. The van der Waals surface area contributed by atoms with Crippen LogP contribution >= 0.6 is 0 Å². The van der Waals surface area contributed by atoms with Crippen molar-refractivity contribution < 1.29 is 4.74 Å². The average molecular weight is 259 g/mol. The van der Waals surface area contributed by atoms with Crippen molar-refractivity contribution >= 4 is 0 Å². The largest absolute Gasteiger partial charge is 0.490 e. The van der Waals surface area contributed by atoms with E-state index in [4.69, 9.17) is 4.74 Å². The number of hydrogen-bond donors (Lipinski definition) is 1. The number of benzene rings is 1. The van der Waals surface area contributed by atoms with Crippen LogP contribution in [0.15, 0.2) is 24.3 Å². The van der Waals surface area contributed by atoms with Crippen LogP contribution in [0.1, 0.15) is 45.6 Å². The first kappa shape index (κ1) is 13.0. The number of ether oxygens (including phenoxy) is 1. The lowest BCUT2D eigenvalue weighted by Crippen LogP contribution is -2.52. The Morgan fingerprint density at radius 1 is 1.16 bits per heavy atom. The molecule has 1 saturated heterocycles. The van der Waals surface area contributed by atoms with Crippen molar-refractivity contribution in [3.05, 3.63) is 29.8 Å². The molecule has 19 heavy (non-hydrogen) atoms. The number of rotatable bonds is 2. The van der Waals surface area contributed by atoms with Gasteiger partial charge in [-0.1, -0.05) is 32.9 Å². The van der Waals surface area contributed by atoms with Crippen LogP contribution in [0.3, 0.4) is 0 Å². The first-order valence-electron chi connectivity index (χ1n) is 7.45. The molecule has 1 spiro atoms. The molecule has 2 fully saturated rings. The average Bonchev–Trinajstić information content (AvgIpc) is 2.73. The summed E-state index contributed by atoms with van der Waals surface area (Å²) in [5.74, 6) is 1.03. The summed E-state index contributed by atoms with van der Waals surface area (Å²) in [7, 11) is 0. The highest BCUT2D eigenvalue weighted by Gasteiger charge is 2.44. The molecule has 2 aliphatic rings. The normalized spacial score (nSPS) is 25.3. The van der Waals surface area contributed by atoms with E-state index in [2.05, 4.69) is 50.4 Å². The van der Waals surface area contributed by atoms with Crippen LogP contribution in [-0.4, -0.2) is 19.2 Å². The van der Waals surface area contributed by atoms with Gasteiger partial charge < -0.3 is 10.1 Å². The second-order valence-electron chi connectivity index (χ2n) is 7.36. The second-order valence-corrected chi connectivity index (χ2v) is 7.36. The Bertz CT molecular complexity index is 439. The van der Waals surface area contributed by atoms with Crippen LogP contribution in [0.5, 0.6) is 5.75 Å². The molecule has 3 rings (SSSR count). The van der Waals surface area contributed by atoms with Crippen molar-refractivity contribution in [2.75, 3.05) is 13.1 Å². The predicted molar refractivity (Wildman–Crippen MR) is 78.7 cm³/mol. The molecule has 1 heterocycles. The molecule has 1 aliphatic carbocycles. The van der Waals surface area contributed by atoms with Crippen LogP contribution < -0.4 is 10.1 Å². The van der Waals surface area contributed by atoms with Crippen molar-refractivity contribution in [2.24, 2.45) is 5.41 Å². The number of hydrogen-bond acceptors (Lipinski definition) is 2. The van der Waals surface area contributed by atoms with E-state index in [1.54, 1.807) is 0 Å². The summed E-state index contributed by atoms with van der Waals surface area (Å²) < 4.78 is 6.15. The van der Waals surface area contributed by atoms with Gasteiger partial charge in [-0.15, -0.1) is 0 Å². The van der Waals surface area contributed by atoms with E-state index in [1.807, 2.05) is 0 Å². The van der Waals surface area contributed by atoms with Crippen molar-refractivity contribution in [3.63, 3.8) is 0 Å². The maximum atomic E-state index is 6.15. The molecule has 0 bridgehead atoms. The number of nitrogens with one attached hydrogen (secondary N) is 1. The van der Waals surface area contributed by atoms with Crippen LogP contribution in [0.2, 0.25) is 0 Å². The summed E-state index contributed by atoms with van der Waals surface area (Å²) in [4.78, 5) is 0. The molecule has 0 radical (unpaired) electrons. The zero-order valence-electron chi connectivity index (χ0n) is 12.3. The standard InChI is InChI=1S/C17H25NO/c1-16(2,3)13-4-6-14(7-5-13)19-15-8-9-17(10-15)11-18-12-17/h4-7,15,18H,8-12H2,1-3H3. The van der Waals surface area contributed by atoms with E-state index in [-0.39, 0.29) is 5.41 Å². The van der Waals surface area contributed by atoms with E-state index in [0.29, 0.717) is 11.5 Å². The van der Waals surface area contributed by atoms with Crippen molar-refractivity contribution in [1.82, 2.24) is 5.32 Å². The van der Waals surface area contributed by atoms with E-state index in [0.717, 1.165) is 5.75 Å². The van der Waals surface area contributed by atoms with Gasteiger partial charge in [-0.05, 0) is 47.8 Å². The van der Waals surface area contributed by atoms with Crippen LogP contribution in [0.25, 0.3) is 0 Å². The highest BCUT2D eigenvalue weighted by Crippen LogP contribution is 2.42. The van der Waals surface area contributed by atoms with Gasteiger partial charge in [0.15, 0.2) is 0 Å². The molecule has 1 unspecified atom stereocenters. The molecule has 1 N–H and O–H groups in total. The zero-order chi connectivity index (χ0) is 13.5. The van der Waals surface area contributed by atoms with Gasteiger partial charge in [-0.2, -0.15) is 0 Å². The van der Waals surface area contributed by atoms with E-state index >= 15 is 0 Å². The maximum Gasteiger partial charge on any atom is 0.119 e. The van der Waals surface area contributed by atoms with Gasteiger partial charge in [-0.25, -0.2) is 0 Å². The predicted octanol–water partition coefficient (Wildman–Crippen LogP) is 3.51. The third kappa shape index (κ3) is 2.64. The van der Waals surface area contributed by atoms with Gasteiger partial charge in [0.25, 0.3) is 0 Å². The van der Waals surface area contributed by atoms with Gasteiger partial charge in [0.05, 0.1) is 6.10 Å². The van der Waals surface area contributed by atoms with Crippen LogP contribution in [0.4, 0.5) is 0 Å². The fourth-order valence-corrected chi connectivity index (χ4v) is 3.28. The SMILES string of the molecule is CC(C)(C)c1ccc(OC2CCC3(CNC3)C2)cc1. The molecule has 2 nitrogen and oxygen atoms in total. The van der Waals surface area contributed by atoms with Gasteiger partial charge in [0.2, 0.25) is 0 Å². The summed E-state index contributed by atoms with van der Waals surface area (Å²) >= 11 is 0. The van der Waals surface area contributed by atoms with Crippen LogP contribution in [-0.2, 0) is 5.41 Å². The Morgan fingerprint density at radius 3 is 2.32 bits per heavy atom. The highest BCUT2D eigenvalue weighted by atomic mass is 16.5. The summed E-state index contributed by atoms with van der Waals surface area (Å²) in [5, 5.41) is 3.40. The minimum atomic E-state index is 0.216. The Hall–Kier alpha value is -1.02. The fourth-order valence-electron chi connectivity index (χ4n) is 3.28. The molecule has 104 valence electrons. The monoisotopic (exact) mass is 259 g/mol. The second kappa shape index (κ2) is 4.52. The third-order valence-electron chi connectivity index (χ3n) is 4.68. The van der Waals surface area contributed by atoms with E-state index in [1.165, 1.54) is 37.9 Å². The smallest absolute Gasteiger partial charge is 0.119 e. The quantitative estimate of drug-likeness (QED) is 0.877.